The molecule has 0 fully saturated rings. The smallest absolute Gasteiger partial charge is 0.167 e. The topological polar surface area (TPSA) is 52.0 Å². The van der Waals surface area contributed by atoms with E-state index >= 15 is 0 Å². The van der Waals surface area contributed by atoms with E-state index in [-0.39, 0.29) is 0 Å². The third-order valence-corrected chi connectivity index (χ3v) is 2.35. The zero-order valence-electron chi connectivity index (χ0n) is 7.71. The Morgan fingerprint density at radius 3 is 2.33 bits per heavy atom. The van der Waals surface area contributed by atoms with E-state index < -0.39 is 0 Å². The number of aromatic nitrogens is 1. The zero-order chi connectivity index (χ0) is 10.8. The van der Waals surface area contributed by atoms with Crippen LogP contribution in [0.2, 0.25) is 10.0 Å². The first-order valence-corrected chi connectivity index (χ1v) is 5.07. The molecule has 1 heterocycles. The number of nitrogens with zero attached hydrogens (tertiary/aromatic N) is 1. The summed E-state index contributed by atoms with van der Waals surface area (Å²) in [4.78, 5) is 0. The molecular formula is C10H8Cl2N2O. The van der Waals surface area contributed by atoms with Gasteiger partial charge in [-0.15, -0.1) is 0 Å². The predicted octanol–water partition coefficient (Wildman–Crippen LogP) is 3.11. The fraction of sp³-hybridized carbons (Fsp3) is 0.100. The minimum absolute atomic E-state index is 0.345. The molecule has 0 aliphatic rings. The molecule has 0 atom stereocenters. The Kier molecular flexibility index (Phi) is 2.95. The number of benzene rings is 1. The van der Waals surface area contributed by atoms with Crippen LogP contribution < -0.4 is 5.73 Å². The molecule has 2 aromatic rings. The van der Waals surface area contributed by atoms with Gasteiger partial charge in [-0.25, -0.2) is 0 Å². The quantitative estimate of drug-likeness (QED) is 0.881. The van der Waals surface area contributed by atoms with Gasteiger partial charge in [0, 0.05) is 28.2 Å². The van der Waals surface area contributed by atoms with Crippen molar-refractivity contribution >= 4 is 23.2 Å². The Morgan fingerprint density at radius 2 is 1.80 bits per heavy atom. The van der Waals surface area contributed by atoms with Crippen LogP contribution in [0, 0.1) is 0 Å². The van der Waals surface area contributed by atoms with Crippen LogP contribution in [0.5, 0.6) is 0 Å². The molecule has 0 saturated heterocycles. The van der Waals surface area contributed by atoms with E-state index in [1.807, 2.05) is 0 Å². The van der Waals surface area contributed by atoms with Gasteiger partial charge in [-0.1, -0.05) is 28.4 Å². The second-order valence-corrected chi connectivity index (χ2v) is 3.92. The van der Waals surface area contributed by atoms with Crippen molar-refractivity contribution in [3.8, 4) is 11.3 Å². The van der Waals surface area contributed by atoms with Crippen LogP contribution in [0.15, 0.2) is 28.8 Å². The molecule has 5 heteroatoms. The molecule has 78 valence electrons. The standard InChI is InChI=1S/C10H8Cl2N2O/c11-7-1-6(2-8(12)3-7)10-4-9(5-13)14-15-10/h1-4H,5,13H2. The van der Waals surface area contributed by atoms with Crippen LogP contribution in [0.4, 0.5) is 0 Å². The van der Waals surface area contributed by atoms with Gasteiger partial charge in [0.05, 0.1) is 5.69 Å². The maximum absolute atomic E-state index is 5.87. The molecule has 0 aliphatic heterocycles. The summed E-state index contributed by atoms with van der Waals surface area (Å²) in [5, 5.41) is 4.90. The van der Waals surface area contributed by atoms with Gasteiger partial charge in [0.25, 0.3) is 0 Å². The maximum Gasteiger partial charge on any atom is 0.167 e. The van der Waals surface area contributed by atoms with Gasteiger partial charge in [0.15, 0.2) is 5.76 Å². The summed E-state index contributed by atoms with van der Waals surface area (Å²) < 4.78 is 5.10. The van der Waals surface area contributed by atoms with Crippen LogP contribution in [0.3, 0.4) is 0 Å². The lowest BCUT2D eigenvalue weighted by Gasteiger charge is -1.97. The Bertz CT molecular complexity index is 462. The highest BCUT2D eigenvalue weighted by Gasteiger charge is 2.07. The Labute approximate surface area is 96.8 Å². The summed E-state index contributed by atoms with van der Waals surface area (Å²) in [5.74, 6) is 0.611. The largest absolute Gasteiger partial charge is 0.356 e. The summed E-state index contributed by atoms with van der Waals surface area (Å²) in [7, 11) is 0. The minimum atomic E-state index is 0.345. The Balaban J connectivity index is 2.44. The summed E-state index contributed by atoms with van der Waals surface area (Å²) in [5.41, 5.74) is 6.91. The minimum Gasteiger partial charge on any atom is -0.356 e. The fourth-order valence-electron chi connectivity index (χ4n) is 1.24. The van der Waals surface area contributed by atoms with Crippen molar-refractivity contribution in [1.29, 1.82) is 0 Å². The first-order valence-electron chi connectivity index (χ1n) is 4.31. The molecule has 1 aromatic heterocycles. The molecule has 3 nitrogen and oxygen atoms in total. The van der Waals surface area contributed by atoms with Crippen molar-refractivity contribution in [2.45, 2.75) is 6.54 Å². The molecule has 0 aliphatic carbocycles. The number of nitrogens with two attached hydrogens (primary N) is 1. The van der Waals surface area contributed by atoms with E-state index in [1.54, 1.807) is 24.3 Å². The molecule has 2 N–H and O–H groups in total. The molecule has 0 amide bonds. The van der Waals surface area contributed by atoms with E-state index in [4.69, 9.17) is 33.5 Å². The highest BCUT2D eigenvalue weighted by Crippen LogP contribution is 2.27. The average molecular weight is 243 g/mol. The van der Waals surface area contributed by atoms with Gasteiger partial charge in [0.1, 0.15) is 0 Å². The zero-order valence-corrected chi connectivity index (χ0v) is 9.22. The Morgan fingerprint density at radius 1 is 1.13 bits per heavy atom. The van der Waals surface area contributed by atoms with Gasteiger partial charge in [-0.3, -0.25) is 0 Å². The van der Waals surface area contributed by atoms with Gasteiger partial charge >= 0.3 is 0 Å². The molecule has 0 unspecified atom stereocenters. The van der Waals surface area contributed by atoms with Gasteiger partial charge < -0.3 is 10.3 Å². The van der Waals surface area contributed by atoms with Crippen molar-refractivity contribution in [3.05, 3.63) is 40.0 Å². The first kappa shape index (κ1) is 10.5. The molecule has 0 spiro atoms. The lowest BCUT2D eigenvalue weighted by molar-refractivity contribution is 0.424. The van der Waals surface area contributed by atoms with E-state index in [1.165, 1.54) is 0 Å². The lowest BCUT2D eigenvalue weighted by atomic mass is 10.1. The van der Waals surface area contributed by atoms with Crippen LogP contribution in [-0.4, -0.2) is 5.16 Å². The van der Waals surface area contributed by atoms with Crippen molar-refractivity contribution in [2.75, 3.05) is 0 Å². The second-order valence-electron chi connectivity index (χ2n) is 3.04. The monoisotopic (exact) mass is 242 g/mol. The molecule has 0 radical (unpaired) electrons. The molecule has 15 heavy (non-hydrogen) atoms. The van der Waals surface area contributed by atoms with E-state index in [9.17, 15) is 0 Å². The highest BCUT2D eigenvalue weighted by molar-refractivity contribution is 6.35. The number of hydrogen-bond acceptors (Lipinski definition) is 3. The highest BCUT2D eigenvalue weighted by atomic mass is 35.5. The van der Waals surface area contributed by atoms with Crippen molar-refractivity contribution < 1.29 is 4.52 Å². The fourth-order valence-corrected chi connectivity index (χ4v) is 1.77. The van der Waals surface area contributed by atoms with Gasteiger partial charge in [0.2, 0.25) is 0 Å². The predicted molar refractivity (Wildman–Crippen MR) is 59.9 cm³/mol. The number of rotatable bonds is 2. The molecule has 2 rings (SSSR count). The molecule has 0 bridgehead atoms. The van der Waals surface area contributed by atoms with E-state index in [0.29, 0.717) is 28.0 Å². The summed E-state index contributed by atoms with van der Waals surface area (Å²) in [6.45, 7) is 0.345. The first-order chi connectivity index (χ1) is 7.19. The van der Waals surface area contributed by atoms with E-state index in [0.717, 1.165) is 5.56 Å². The SMILES string of the molecule is NCc1cc(-c2cc(Cl)cc(Cl)c2)on1. The normalized spacial score (nSPS) is 10.6. The summed E-state index contributed by atoms with van der Waals surface area (Å²) in [6.07, 6.45) is 0. The van der Waals surface area contributed by atoms with Crippen molar-refractivity contribution in [2.24, 2.45) is 5.73 Å². The third-order valence-electron chi connectivity index (χ3n) is 1.92. The number of hydrogen-bond donors (Lipinski definition) is 1. The van der Waals surface area contributed by atoms with Crippen LogP contribution >= 0.6 is 23.2 Å². The van der Waals surface area contributed by atoms with Crippen molar-refractivity contribution in [3.63, 3.8) is 0 Å². The summed E-state index contributed by atoms with van der Waals surface area (Å²) >= 11 is 11.7. The molecular weight excluding hydrogens is 235 g/mol. The van der Waals surface area contributed by atoms with Crippen LogP contribution in [0.1, 0.15) is 5.69 Å². The van der Waals surface area contributed by atoms with Crippen molar-refractivity contribution in [1.82, 2.24) is 5.16 Å². The van der Waals surface area contributed by atoms with Crippen LogP contribution in [0.25, 0.3) is 11.3 Å². The van der Waals surface area contributed by atoms with E-state index in [2.05, 4.69) is 5.16 Å². The lowest BCUT2D eigenvalue weighted by Crippen LogP contribution is -1.94. The van der Waals surface area contributed by atoms with Crippen LogP contribution in [-0.2, 0) is 6.54 Å². The Hall–Kier alpha value is -1.03. The number of halogens is 2. The molecule has 0 saturated carbocycles. The average Bonchev–Trinajstić information content (AvgIpc) is 2.64. The molecule has 1 aromatic carbocycles. The summed E-state index contributed by atoms with van der Waals surface area (Å²) in [6, 6.07) is 6.94. The maximum atomic E-state index is 5.87. The second kappa shape index (κ2) is 4.23. The third kappa shape index (κ3) is 2.31. The van der Waals surface area contributed by atoms with Gasteiger partial charge in [-0.05, 0) is 18.2 Å². The van der Waals surface area contributed by atoms with Gasteiger partial charge in [-0.2, -0.15) is 0 Å².